The van der Waals surface area contributed by atoms with Crippen LogP contribution < -0.4 is 5.32 Å². The van der Waals surface area contributed by atoms with Crippen LogP contribution in [0.1, 0.15) is 25.8 Å². The van der Waals surface area contributed by atoms with Gasteiger partial charge in [-0.15, -0.1) is 0 Å². The summed E-state index contributed by atoms with van der Waals surface area (Å²) in [5.41, 5.74) is 2.19. The molecule has 0 aliphatic rings. The molecule has 1 aromatic heterocycles. The van der Waals surface area contributed by atoms with Crippen LogP contribution >= 0.6 is 11.6 Å². The van der Waals surface area contributed by atoms with E-state index in [2.05, 4.69) is 42.2 Å². The molecule has 1 N–H and O–H groups in total. The van der Waals surface area contributed by atoms with E-state index in [1.54, 1.807) is 0 Å². The van der Waals surface area contributed by atoms with Gasteiger partial charge >= 0.3 is 0 Å². The molecule has 1 aromatic carbocycles. The summed E-state index contributed by atoms with van der Waals surface area (Å²) in [5, 5.41) is 5.28. The Morgan fingerprint density at radius 2 is 2.14 bits per heavy atom. The molecule has 0 amide bonds. The van der Waals surface area contributed by atoms with Crippen LogP contribution in [0.3, 0.4) is 0 Å². The molecule has 3 nitrogen and oxygen atoms in total. The van der Waals surface area contributed by atoms with Gasteiger partial charge in [0, 0.05) is 42.3 Å². The van der Waals surface area contributed by atoms with Crippen LogP contribution in [-0.2, 0) is 6.54 Å². The smallest absolute Gasteiger partial charge is 0.0761 e. The summed E-state index contributed by atoms with van der Waals surface area (Å²) in [4.78, 5) is 6.84. The van der Waals surface area contributed by atoms with E-state index < -0.39 is 0 Å². The van der Waals surface area contributed by atoms with Crippen molar-refractivity contribution >= 4 is 22.5 Å². The highest BCUT2D eigenvalue weighted by atomic mass is 35.5. The quantitative estimate of drug-likeness (QED) is 0.790. The zero-order valence-electron chi connectivity index (χ0n) is 13.1. The zero-order valence-corrected chi connectivity index (χ0v) is 13.8. The van der Waals surface area contributed by atoms with Gasteiger partial charge in [0.05, 0.1) is 5.52 Å². The van der Waals surface area contributed by atoms with Gasteiger partial charge in [0.2, 0.25) is 0 Å². The molecule has 1 heterocycles. The number of hydrogen-bond acceptors (Lipinski definition) is 3. The summed E-state index contributed by atoms with van der Waals surface area (Å²) in [7, 11) is 2.18. The van der Waals surface area contributed by atoms with E-state index in [-0.39, 0.29) is 0 Å². The standard InChI is InChI=1S/C17H24ClN3/c1-4-13(2)21(3)11-10-19-12-14-7-8-16(18)15-6-5-9-20-17(14)15/h5-9,13,19H,4,10-12H2,1-3H3. The first-order chi connectivity index (χ1) is 10.1. The van der Waals surface area contributed by atoms with Crippen LogP contribution in [0.2, 0.25) is 5.02 Å². The molecule has 0 spiro atoms. The molecule has 0 bridgehead atoms. The molecule has 0 fully saturated rings. The lowest BCUT2D eigenvalue weighted by molar-refractivity contribution is 0.252. The summed E-state index contributed by atoms with van der Waals surface area (Å²) < 4.78 is 0. The minimum absolute atomic E-state index is 0.629. The molecule has 2 aromatic rings. The molecule has 1 unspecified atom stereocenters. The van der Waals surface area contributed by atoms with Crippen LogP contribution in [0.4, 0.5) is 0 Å². The number of pyridine rings is 1. The molecular formula is C17H24ClN3. The topological polar surface area (TPSA) is 28.2 Å². The number of fused-ring (bicyclic) bond motifs is 1. The van der Waals surface area contributed by atoms with Gasteiger partial charge in [0.1, 0.15) is 0 Å². The summed E-state index contributed by atoms with van der Waals surface area (Å²) in [6.07, 6.45) is 3.00. The van der Waals surface area contributed by atoms with Crippen molar-refractivity contribution in [1.82, 2.24) is 15.2 Å². The third kappa shape index (κ3) is 4.16. The van der Waals surface area contributed by atoms with Gasteiger partial charge in [-0.3, -0.25) is 4.98 Å². The maximum absolute atomic E-state index is 6.22. The second-order valence-electron chi connectivity index (χ2n) is 5.52. The lowest BCUT2D eigenvalue weighted by Gasteiger charge is -2.23. The number of rotatable bonds is 7. The highest BCUT2D eigenvalue weighted by molar-refractivity contribution is 6.35. The highest BCUT2D eigenvalue weighted by Crippen LogP contribution is 2.24. The second kappa shape index (κ2) is 7.74. The summed E-state index contributed by atoms with van der Waals surface area (Å²) in [6, 6.07) is 8.58. The monoisotopic (exact) mass is 305 g/mol. The Kier molecular flexibility index (Phi) is 5.97. The molecule has 114 valence electrons. The third-order valence-electron chi connectivity index (χ3n) is 4.10. The fourth-order valence-electron chi connectivity index (χ4n) is 2.35. The zero-order chi connectivity index (χ0) is 15.2. The first-order valence-electron chi connectivity index (χ1n) is 7.56. The maximum Gasteiger partial charge on any atom is 0.0761 e. The fourth-order valence-corrected chi connectivity index (χ4v) is 2.57. The minimum Gasteiger partial charge on any atom is -0.311 e. The van der Waals surface area contributed by atoms with Gasteiger partial charge in [-0.25, -0.2) is 0 Å². The number of hydrogen-bond donors (Lipinski definition) is 1. The maximum atomic E-state index is 6.22. The van der Waals surface area contributed by atoms with Crippen molar-refractivity contribution in [2.24, 2.45) is 0 Å². The minimum atomic E-state index is 0.629. The molecule has 0 saturated heterocycles. The molecule has 2 rings (SSSR count). The van der Waals surface area contributed by atoms with Gasteiger partial charge in [-0.05, 0) is 44.2 Å². The van der Waals surface area contributed by atoms with Crippen molar-refractivity contribution in [2.75, 3.05) is 20.1 Å². The Morgan fingerprint density at radius 1 is 1.33 bits per heavy atom. The first kappa shape index (κ1) is 16.2. The van der Waals surface area contributed by atoms with Crippen molar-refractivity contribution in [1.29, 1.82) is 0 Å². The fraction of sp³-hybridized carbons (Fsp3) is 0.471. The number of aromatic nitrogens is 1. The van der Waals surface area contributed by atoms with Crippen LogP contribution in [-0.4, -0.2) is 36.1 Å². The molecule has 4 heteroatoms. The molecule has 0 saturated carbocycles. The van der Waals surface area contributed by atoms with E-state index in [9.17, 15) is 0 Å². The number of nitrogens with zero attached hydrogens (tertiary/aromatic N) is 2. The van der Waals surface area contributed by atoms with E-state index in [0.717, 1.165) is 35.6 Å². The van der Waals surface area contributed by atoms with E-state index in [0.29, 0.717) is 6.04 Å². The van der Waals surface area contributed by atoms with Crippen molar-refractivity contribution in [2.45, 2.75) is 32.9 Å². The summed E-state index contributed by atoms with van der Waals surface area (Å²) >= 11 is 6.22. The third-order valence-corrected chi connectivity index (χ3v) is 4.43. The van der Waals surface area contributed by atoms with Crippen molar-refractivity contribution in [3.8, 4) is 0 Å². The molecule has 0 aliphatic carbocycles. The van der Waals surface area contributed by atoms with Crippen LogP contribution in [0, 0.1) is 0 Å². The van der Waals surface area contributed by atoms with Crippen molar-refractivity contribution in [3.63, 3.8) is 0 Å². The van der Waals surface area contributed by atoms with Gasteiger partial charge < -0.3 is 10.2 Å². The molecule has 0 aliphatic heterocycles. The summed E-state index contributed by atoms with van der Waals surface area (Å²) in [5.74, 6) is 0. The largest absolute Gasteiger partial charge is 0.311 e. The number of halogens is 1. The summed E-state index contributed by atoms with van der Waals surface area (Å²) in [6.45, 7) is 7.32. The van der Waals surface area contributed by atoms with Crippen molar-refractivity contribution < 1.29 is 0 Å². The number of likely N-dealkylation sites (N-methyl/N-ethyl adjacent to an activating group) is 1. The van der Waals surface area contributed by atoms with Gasteiger partial charge in [0.25, 0.3) is 0 Å². The number of nitrogens with one attached hydrogen (secondary N) is 1. The average molecular weight is 306 g/mol. The first-order valence-corrected chi connectivity index (χ1v) is 7.94. The van der Waals surface area contributed by atoms with E-state index >= 15 is 0 Å². The van der Waals surface area contributed by atoms with Crippen molar-refractivity contribution in [3.05, 3.63) is 41.0 Å². The molecular weight excluding hydrogens is 282 g/mol. The Balaban J connectivity index is 1.94. The lowest BCUT2D eigenvalue weighted by atomic mass is 10.1. The Bertz CT molecular complexity index is 585. The predicted octanol–water partition coefficient (Wildman–Crippen LogP) is 3.71. The van der Waals surface area contributed by atoms with E-state index in [1.165, 1.54) is 12.0 Å². The average Bonchev–Trinajstić information content (AvgIpc) is 2.52. The Morgan fingerprint density at radius 3 is 2.90 bits per heavy atom. The van der Waals surface area contributed by atoms with Crippen LogP contribution in [0.25, 0.3) is 10.9 Å². The van der Waals surface area contributed by atoms with E-state index in [4.69, 9.17) is 11.6 Å². The Labute approximate surface area is 132 Å². The predicted molar refractivity (Wildman–Crippen MR) is 90.8 cm³/mol. The Hall–Kier alpha value is -1.16. The van der Waals surface area contributed by atoms with E-state index in [1.807, 2.05) is 24.4 Å². The normalized spacial score (nSPS) is 13.0. The van der Waals surface area contributed by atoms with Gasteiger partial charge in [0.15, 0.2) is 0 Å². The van der Waals surface area contributed by atoms with Crippen LogP contribution in [0.5, 0.6) is 0 Å². The number of benzene rings is 1. The molecule has 21 heavy (non-hydrogen) atoms. The van der Waals surface area contributed by atoms with Gasteiger partial charge in [-0.2, -0.15) is 0 Å². The second-order valence-corrected chi connectivity index (χ2v) is 5.93. The molecule has 1 atom stereocenters. The SMILES string of the molecule is CCC(C)N(C)CCNCc1ccc(Cl)c2cccnc12. The van der Waals surface area contributed by atoms with Crippen LogP contribution in [0.15, 0.2) is 30.5 Å². The molecule has 0 radical (unpaired) electrons. The lowest BCUT2D eigenvalue weighted by Crippen LogP contribution is -2.34. The van der Waals surface area contributed by atoms with Gasteiger partial charge in [-0.1, -0.05) is 24.6 Å². The highest BCUT2D eigenvalue weighted by Gasteiger charge is 2.07.